The number of nitrogens with one attached hydrogen (secondary N) is 1. The number of nitrogens with zero attached hydrogens (tertiary/aromatic N) is 2. The zero-order valence-electron chi connectivity index (χ0n) is 20.9. The maximum Gasteiger partial charge on any atom is 0.285 e. The molecular weight excluding hydrogens is 546 g/mol. The van der Waals surface area contributed by atoms with Crippen LogP contribution in [0.2, 0.25) is 5.02 Å². The van der Waals surface area contributed by atoms with Gasteiger partial charge in [-0.3, -0.25) is 15.0 Å². The molecule has 8 heteroatoms. The number of halogens is 1. The fourth-order valence-corrected chi connectivity index (χ4v) is 6.22. The number of carbonyl (C=O) groups excluding carboxylic acids is 2. The number of rotatable bonds is 5. The van der Waals surface area contributed by atoms with Crippen molar-refractivity contribution in [2.45, 2.75) is 13.5 Å². The van der Waals surface area contributed by atoms with Crippen molar-refractivity contribution < 1.29 is 9.59 Å². The largest absolute Gasteiger partial charge is 0.342 e. The Kier molecular flexibility index (Phi) is 6.73. The summed E-state index contributed by atoms with van der Waals surface area (Å²) < 4.78 is 2.44. The minimum Gasteiger partial charge on any atom is -0.342 e. The Morgan fingerprint density at radius 2 is 1.77 bits per heavy atom. The highest BCUT2D eigenvalue weighted by molar-refractivity contribution is 8.26. The normalized spacial score (nSPS) is 14.6. The average Bonchev–Trinajstić information content (AvgIpc) is 3.40. The Bertz CT molecular complexity index is 1840. The molecule has 2 amide bonds. The van der Waals surface area contributed by atoms with Crippen LogP contribution in [0.15, 0.2) is 96.0 Å². The van der Waals surface area contributed by atoms with Gasteiger partial charge >= 0.3 is 0 Å². The predicted octanol–water partition coefficient (Wildman–Crippen LogP) is 7.35. The number of thiocarbonyl (C=S) groups is 1. The third-order valence-corrected chi connectivity index (χ3v) is 8.26. The van der Waals surface area contributed by atoms with Crippen molar-refractivity contribution in [3.8, 4) is 0 Å². The molecule has 1 saturated heterocycles. The third-order valence-electron chi connectivity index (χ3n) is 6.65. The summed E-state index contributed by atoms with van der Waals surface area (Å²) in [5.74, 6) is -0.877. The van der Waals surface area contributed by atoms with Crippen LogP contribution in [0.1, 0.15) is 27.0 Å². The zero-order valence-corrected chi connectivity index (χ0v) is 23.2. The van der Waals surface area contributed by atoms with Crippen LogP contribution < -0.4 is 5.43 Å². The van der Waals surface area contributed by atoms with Gasteiger partial charge in [-0.25, -0.2) is 0 Å². The van der Waals surface area contributed by atoms with Gasteiger partial charge in [-0.2, -0.15) is 5.01 Å². The monoisotopic (exact) mass is 567 g/mol. The summed E-state index contributed by atoms with van der Waals surface area (Å²) in [5, 5.41) is 4.85. The number of thioether (sulfide) groups is 1. The van der Waals surface area contributed by atoms with Gasteiger partial charge in [0.05, 0.1) is 15.5 Å². The number of fused-ring (bicyclic) bond motifs is 2. The minimum atomic E-state index is -0.496. The van der Waals surface area contributed by atoms with Gasteiger partial charge in [0.2, 0.25) is 0 Å². The van der Waals surface area contributed by atoms with Crippen LogP contribution in [0.25, 0.3) is 27.8 Å². The SMILES string of the molecule is Cc1ccc(C(=O)NN2C(=O)/C(=C/c3cn(Cc4ccc5ccccc5c4)c4ccccc34)SC2=S)c(Cl)c1. The number of aryl methyl sites for hydroxylation is 1. The van der Waals surface area contributed by atoms with Crippen molar-refractivity contribution in [1.29, 1.82) is 0 Å². The van der Waals surface area contributed by atoms with E-state index in [2.05, 4.69) is 52.6 Å². The van der Waals surface area contributed by atoms with Gasteiger partial charge in [0.1, 0.15) is 0 Å². The molecule has 0 atom stereocenters. The molecule has 1 aliphatic rings. The van der Waals surface area contributed by atoms with Crippen LogP contribution in [0.4, 0.5) is 0 Å². The lowest BCUT2D eigenvalue weighted by Gasteiger charge is -2.16. The molecule has 5 aromatic rings. The maximum absolute atomic E-state index is 13.3. The number of aromatic nitrogens is 1. The first kappa shape index (κ1) is 25.4. The molecule has 1 fully saturated rings. The van der Waals surface area contributed by atoms with Crippen molar-refractivity contribution in [2.75, 3.05) is 0 Å². The molecule has 6 rings (SSSR count). The summed E-state index contributed by atoms with van der Waals surface area (Å²) in [6, 6.07) is 28.0. The first-order valence-corrected chi connectivity index (χ1v) is 13.9. The van der Waals surface area contributed by atoms with Gasteiger partial charge in [-0.1, -0.05) is 84.0 Å². The molecule has 1 aromatic heterocycles. The van der Waals surface area contributed by atoms with E-state index < -0.39 is 5.91 Å². The first-order chi connectivity index (χ1) is 18.9. The highest BCUT2D eigenvalue weighted by Gasteiger charge is 2.34. The van der Waals surface area contributed by atoms with Crippen molar-refractivity contribution in [3.63, 3.8) is 0 Å². The van der Waals surface area contributed by atoms with Gasteiger partial charge in [-0.15, -0.1) is 0 Å². The highest BCUT2D eigenvalue weighted by atomic mass is 35.5. The minimum absolute atomic E-state index is 0.253. The van der Waals surface area contributed by atoms with E-state index in [0.29, 0.717) is 16.5 Å². The van der Waals surface area contributed by atoms with Gasteiger partial charge in [0.15, 0.2) is 4.32 Å². The molecule has 1 N–H and O–H groups in total. The van der Waals surface area contributed by atoms with Crippen LogP contribution in [-0.2, 0) is 11.3 Å². The first-order valence-electron chi connectivity index (χ1n) is 12.3. The Hall–Kier alpha value is -3.91. The number of para-hydroxylation sites is 1. The summed E-state index contributed by atoms with van der Waals surface area (Å²) in [7, 11) is 0. The molecule has 0 aliphatic carbocycles. The topological polar surface area (TPSA) is 54.3 Å². The van der Waals surface area contributed by atoms with Crippen LogP contribution >= 0.6 is 35.6 Å². The van der Waals surface area contributed by atoms with E-state index in [1.807, 2.05) is 43.3 Å². The molecule has 39 heavy (non-hydrogen) atoms. The summed E-state index contributed by atoms with van der Waals surface area (Å²) in [6.07, 6.45) is 3.89. The molecule has 0 bridgehead atoms. The predicted molar refractivity (Wildman–Crippen MR) is 164 cm³/mol. The highest BCUT2D eigenvalue weighted by Crippen LogP contribution is 2.34. The second-order valence-electron chi connectivity index (χ2n) is 9.35. The Labute approximate surface area is 240 Å². The average molecular weight is 568 g/mol. The Morgan fingerprint density at radius 3 is 2.59 bits per heavy atom. The molecule has 0 radical (unpaired) electrons. The fraction of sp³-hybridized carbons (Fsp3) is 0.0645. The Morgan fingerprint density at radius 1 is 1.00 bits per heavy atom. The lowest BCUT2D eigenvalue weighted by atomic mass is 10.1. The van der Waals surface area contributed by atoms with E-state index in [9.17, 15) is 9.59 Å². The number of carbonyl (C=O) groups is 2. The third kappa shape index (κ3) is 4.96. The molecule has 0 saturated carbocycles. The van der Waals surface area contributed by atoms with Crippen LogP contribution in [0, 0.1) is 6.92 Å². The zero-order chi connectivity index (χ0) is 27.1. The van der Waals surface area contributed by atoms with Crippen LogP contribution in [0.5, 0.6) is 0 Å². The molecule has 0 spiro atoms. The maximum atomic E-state index is 13.3. The van der Waals surface area contributed by atoms with E-state index in [-0.39, 0.29) is 15.8 Å². The van der Waals surface area contributed by atoms with Crippen molar-refractivity contribution in [3.05, 3.63) is 123 Å². The van der Waals surface area contributed by atoms with E-state index in [1.165, 1.54) is 16.3 Å². The lowest BCUT2D eigenvalue weighted by molar-refractivity contribution is -0.123. The quantitative estimate of drug-likeness (QED) is 0.178. The summed E-state index contributed by atoms with van der Waals surface area (Å²) in [5.41, 5.74) is 6.97. The van der Waals surface area contributed by atoms with Crippen molar-refractivity contribution in [1.82, 2.24) is 15.0 Å². The second-order valence-corrected chi connectivity index (χ2v) is 11.4. The smallest absolute Gasteiger partial charge is 0.285 e. The fourth-order valence-electron chi connectivity index (χ4n) is 4.73. The molecule has 0 unspecified atom stereocenters. The van der Waals surface area contributed by atoms with E-state index in [4.69, 9.17) is 23.8 Å². The Balaban J connectivity index is 1.28. The van der Waals surface area contributed by atoms with Crippen LogP contribution in [-0.4, -0.2) is 25.7 Å². The van der Waals surface area contributed by atoms with E-state index in [1.54, 1.807) is 18.2 Å². The number of hydrogen-bond donors (Lipinski definition) is 1. The summed E-state index contributed by atoms with van der Waals surface area (Å²) >= 11 is 12.8. The number of hydrogen-bond acceptors (Lipinski definition) is 4. The van der Waals surface area contributed by atoms with Gasteiger partial charge in [0.25, 0.3) is 11.8 Å². The molecule has 5 nitrogen and oxygen atoms in total. The molecule has 1 aliphatic heterocycles. The number of amides is 2. The summed E-state index contributed by atoms with van der Waals surface area (Å²) in [4.78, 5) is 26.6. The van der Waals surface area contributed by atoms with Gasteiger partial charge < -0.3 is 4.57 Å². The molecule has 2 heterocycles. The van der Waals surface area contributed by atoms with Gasteiger partial charge in [0, 0.05) is 29.2 Å². The lowest BCUT2D eigenvalue weighted by Crippen LogP contribution is -2.44. The van der Waals surface area contributed by atoms with Crippen molar-refractivity contribution in [2.24, 2.45) is 0 Å². The van der Waals surface area contributed by atoms with Crippen molar-refractivity contribution >= 4 is 79.5 Å². The second kappa shape index (κ2) is 10.3. The van der Waals surface area contributed by atoms with Crippen LogP contribution in [0.3, 0.4) is 0 Å². The van der Waals surface area contributed by atoms with E-state index in [0.717, 1.165) is 38.8 Å². The van der Waals surface area contributed by atoms with Gasteiger partial charge in [-0.05, 0) is 71.4 Å². The number of benzene rings is 4. The standard InChI is InChI=1S/C31H22ClN3O2S2/c1-19-10-13-25(26(32)14-19)29(36)33-35-30(37)28(39-31(35)38)16-23-18-34(27-9-5-4-8-24(23)27)17-20-11-12-21-6-2-3-7-22(21)15-20/h2-16,18H,17H2,1H3,(H,33,36)/b28-16-. The molecule has 192 valence electrons. The van der Waals surface area contributed by atoms with E-state index >= 15 is 0 Å². The number of hydrazine groups is 1. The molecule has 4 aromatic carbocycles. The summed E-state index contributed by atoms with van der Waals surface area (Å²) in [6.45, 7) is 2.58. The molecular formula is C31H22ClN3O2S2.